The molecule has 1 fully saturated rings. The number of hydrogen-bond acceptors (Lipinski definition) is 4. The fourth-order valence-corrected chi connectivity index (χ4v) is 3.73. The third kappa shape index (κ3) is 4.59. The first kappa shape index (κ1) is 21.8. The van der Waals surface area contributed by atoms with Gasteiger partial charge in [0.1, 0.15) is 17.9 Å². The molecule has 0 unspecified atom stereocenters. The molecule has 0 bridgehead atoms. The fraction of sp³-hybridized carbons (Fsp3) is 0.0417. The lowest BCUT2D eigenvalue weighted by Gasteiger charge is -2.26. The summed E-state index contributed by atoms with van der Waals surface area (Å²) in [5.41, 5.74) is 1.46. The Labute approximate surface area is 197 Å². The van der Waals surface area contributed by atoms with Crippen LogP contribution in [0.5, 0.6) is 5.75 Å². The summed E-state index contributed by atoms with van der Waals surface area (Å²) in [7, 11) is 0. The molecule has 3 aromatic rings. The Kier molecular flexibility index (Phi) is 6.39. The Bertz CT molecular complexity index is 1240. The van der Waals surface area contributed by atoms with E-state index in [1.54, 1.807) is 54.6 Å². The van der Waals surface area contributed by atoms with Gasteiger partial charge in [0, 0.05) is 20.6 Å². The highest BCUT2D eigenvalue weighted by Crippen LogP contribution is 2.29. The van der Waals surface area contributed by atoms with Gasteiger partial charge >= 0.3 is 6.03 Å². The number of hydrogen-bond donors (Lipinski definition) is 1. The molecular weight excluding hydrogens is 496 g/mol. The van der Waals surface area contributed by atoms with E-state index in [4.69, 9.17) is 16.3 Å². The third-order valence-electron chi connectivity index (χ3n) is 4.73. The van der Waals surface area contributed by atoms with E-state index >= 15 is 0 Å². The quantitative estimate of drug-likeness (QED) is 0.370. The zero-order valence-electron chi connectivity index (χ0n) is 16.5. The van der Waals surface area contributed by atoms with Gasteiger partial charge in [0.25, 0.3) is 11.8 Å². The molecule has 1 saturated heterocycles. The number of benzene rings is 3. The zero-order valence-corrected chi connectivity index (χ0v) is 18.9. The van der Waals surface area contributed by atoms with Crippen molar-refractivity contribution in [3.8, 4) is 5.75 Å². The maximum absolute atomic E-state index is 13.1. The van der Waals surface area contributed by atoms with Crippen LogP contribution in [0, 0.1) is 0 Å². The van der Waals surface area contributed by atoms with Crippen molar-refractivity contribution in [1.29, 1.82) is 0 Å². The average molecular weight is 512 g/mol. The van der Waals surface area contributed by atoms with Crippen LogP contribution in [0.25, 0.3) is 6.08 Å². The van der Waals surface area contributed by atoms with Crippen LogP contribution in [-0.2, 0) is 16.2 Å². The number of imide groups is 2. The number of anilines is 1. The lowest BCUT2D eigenvalue weighted by molar-refractivity contribution is -0.122. The molecule has 0 spiro atoms. The van der Waals surface area contributed by atoms with E-state index in [2.05, 4.69) is 21.2 Å². The Balaban J connectivity index is 1.68. The van der Waals surface area contributed by atoms with Gasteiger partial charge in [-0.25, -0.2) is 9.69 Å². The lowest BCUT2D eigenvalue weighted by atomic mass is 10.1. The van der Waals surface area contributed by atoms with Crippen molar-refractivity contribution in [1.82, 2.24) is 5.32 Å². The summed E-state index contributed by atoms with van der Waals surface area (Å²) in [6.45, 7) is 0.201. The van der Waals surface area contributed by atoms with E-state index in [-0.39, 0.29) is 12.2 Å². The van der Waals surface area contributed by atoms with Crippen LogP contribution in [-0.4, -0.2) is 17.8 Å². The van der Waals surface area contributed by atoms with Crippen molar-refractivity contribution < 1.29 is 19.1 Å². The predicted molar refractivity (Wildman–Crippen MR) is 125 cm³/mol. The van der Waals surface area contributed by atoms with Crippen LogP contribution in [0.1, 0.15) is 11.1 Å². The first-order chi connectivity index (χ1) is 15.4. The van der Waals surface area contributed by atoms with Crippen LogP contribution >= 0.6 is 27.5 Å². The topological polar surface area (TPSA) is 75.7 Å². The molecule has 0 aliphatic carbocycles. The van der Waals surface area contributed by atoms with Crippen molar-refractivity contribution in [2.24, 2.45) is 0 Å². The summed E-state index contributed by atoms with van der Waals surface area (Å²) >= 11 is 9.60. The molecule has 1 aliphatic rings. The minimum Gasteiger partial charge on any atom is -0.488 e. The van der Waals surface area contributed by atoms with Crippen LogP contribution in [0.4, 0.5) is 10.5 Å². The number of rotatable bonds is 5. The fourth-order valence-electron chi connectivity index (χ4n) is 3.16. The summed E-state index contributed by atoms with van der Waals surface area (Å²) in [5, 5.41) is 2.79. The van der Waals surface area contributed by atoms with Crippen molar-refractivity contribution in [3.63, 3.8) is 0 Å². The monoisotopic (exact) mass is 510 g/mol. The molecule has 1 heterocycles. The van der Waals surface area contributed by atoms with Crippen molar-refractivity contribution in [2.45, 2.75) is 6.61 Å². The molecule has 4 rings (SSSR count). The third-order valence-corrected chi connectivity index (χ3v) is 5.59. The normalized spacial score (nSPS) is 15.1. The summed E-state index contributed by atoms with van der Waals surface area (Å²) in [5.74, 6) is -1.05. The Morgan fingerprint density at radius 2 is 1.69 bits per heavy atom. The maximum atomic E-state index is 13.1. The SMILES string of the molecule is O=C1NC(=O)N(c2ccccc2)C(=O)/C1=C\c1cc(Br)ccc1OCc1ccccc1Cl. The maximum Gasteiger partial charge on any atom is 0.335 e. The highest BCUT2D eigenvalue weighted by Gasteiger charge is 2.36. The zero-order chi connectivity index (χ0) is 22.7. The second-order valence-electron chi connectivity index (χ2n) is 6.86. The molecule has 0 atom stereocenters. The average Bonchev–Trinajstić information content (AvgIpc) is 2.77. The van der Waals surface area contributed by atoms with Gasteiger partial charge in [-0.15, -0.1) is 0 Å². The van der Waals surface area contributed by atoms with Crippen LogP contribution in [0.3, 0.4) is 0 Å². The van der Waals surface area contributed by atoms with Crippen LogP contribution < -0.4 is 15.0 Å². The van der Waals surface area contributed by atoms with Gasteiger partial charge in [0.05, 0.1) is 5.69 Å². The molecule has 1 aliphatic heterocycles. The molecule has 1 N–H and O–H groups in total. The van der Waals surface area contributed by atoms with Crippen LogP contribution in [0.15, 0.2) is 82.8 Å². The number of nitrogens with one attached hydrogen (secondary N) is 1. The molecule has 6 nitrogen and oxygen atoms in total. The van der Waals surface area contributed by atoms with Gasteiger partial charge in [-0.2, -0.15) is 0 Å². The van der Waals surface area contributed by atoms with E-state index in [0.717, 1.165) is 14.9 Å². The van der Waals surface area contributed by atoms with Gasteiger partial charge in [0.2, 0.25) is 0 Å². The molecule has 0 radical (unpaired) electrons. The summed E-state index contributed by atoms with van der Waals surface area (Å²) in [4.78, 5) is 38.8. The smallest absolute Gasteiger partial charge is 0.335 e. The van der Waals surface area contributed by atoms with E-state index in [1.807, 2.05) is 18.2 Å². The van der Waals surface area contributed by atoms with Crippen LogP contribution in [0.2, 0.25) is 5.02 Å². The molecule has 3 aromatic carbocycles. The summed E-state index contributed by atoms with van der Waals surface area (Å²) < 4.78 is 6.66. The van der Waals surface area contributed by atoms with Gasteiger partial charge in [-0.05, 0) is 42.5 Å². The molecule has 160 valence electrons. The van der Waals surface area contributed by atoms with Gasteiger partial charge < -0.3 is 4.74 Å². The predicted octanol–water partition coefficient (Wildman–Crippen LogP) is 5.35. The number of carbonyl (C=O) groups is 3. The van der Waals surface area contributed by atoms with E-state index in [9.17, 15) is 14.4 Å². The number of urea groups is 1. The van der Waals surface area contributed by atoms with Gasteiger partial charge in [-0.3, -0.25) is 14.9 Å². The number of barbiturate groups is 1. The largest absolute Gasteiger partial charge is 0.488 e. The first-order valence-electron chi connectivity index (χ1n) is 9.56. The van der Waals surface area contributed by atoms with Crippen molar-refractivity contribution >= 4 is 57.1 Å². The van der Waals surface area contributed by atoms with Gasteiger partial charge in [0.15, 0.2) is 0 Å². The lowest BCUT2D eigenvalue weighted by Crippen LogP contribution is -2.54. The number of halogens is 2. The van der Waals surface area contributed by atoms with E-state index in [1.165, 1.54) is 6.08 Å². The number of carbonyl (C=O) groups excluding carboxylic acids is 3. The minimum absolute atomic E-state index is 0.186. The minimum atomic E-state index is -0.798. The number of amides is 4. The Hall–Kier alpha value is -3.42. The Morgan fingerprint density at radius 1 is 0.969 bits per heavy atom. The van der Waals surface area contributed by atoms with Gasteiger partial charge in [-0.1, -0.05) is 63.9 Å². The Morgan fingerprint density at radius 3 is 2.44 bits per heavy atom. The second-order valence-corrected chi connectivity index (χ2v) is 8.18. The molecule has 4 amide bonds. The molecular formula is C24H16BrClN2O4. The summed E-state index contributed by atoms with van der Waals surface area (Å²) in [6, 6.07) is 20.1. The highest BCUT2D eigenvalue weighted by atomic mass is 79.9. The highest BCUT2D eigenvalue weighted by molar-refractivity contribution is 9.10. The second kappa shape index (κ2) is 9.38. The van der Waals surface area contributed by atoms with E-state index in [0.29, 0.717) is 22.0 Å². The van der Waals surface area contributed by atoms with Crippen molar-refractivity contribution in [2.75, 3.05) is 4.90 Å². The molecule has 32 heavy (non-hydrogen) atoms. The molecule has 8 heteroatoms. The summed E-state index contributed by atoms with van der Waals surface area (Å²) in [6.07, 6.45) is 1.41. The first-order valence-corrected chi connectivity index (χ1v) is 10.7. The number of nitrogens with zero attached hydrogens (tertiary/aromatic N) is 1. The number of ether oxygens (including phenoxy) is 1. The van der Waals surface area contributed by atoms with Crippen molar-refractivity contribution in [3.05, 3.63) is 99.0 Å². The molecule has 0 saturated carbocycles. The molecule has 0 aromatic heterocycles. The number of para-hydroxylation sites is 1. The van der Waals surface area contributed by atoms with E-state index < -0.39 is 17.8 Å². The standard InChI is InChI=1S/C24H16BrClN2O4/c25-17-10-11-21(32-14-15-6-4-5-9-20(15)26)16(12-17)13-19-22(29)27-24(31)28(23(19)30)18-7-2-1-3-8-18/h1-13H,14H2,(H,27,29,31)/b19-13-.